The van der Waals surface area contributed by atoms with Crippen LogP contribution in [0.25, 0.3) is 22.0 Å². The molecule has 0 atom stereocenters. The molecule has 14 nitrogen and oxygen atoms in total. The van der Waals surface area contributed by atoms with E-state index in [2.05, 4.69) is 9.28 Å². The molecule has 0 bridgehead atoms. The summed E-state index contributed by atoms with van der Waals surface area (Å²) in [4.78, 5) is 12.9. The Kier molecular flexibility index (Phi) is 11.4. The number of methoxy groups -OCH3 is 1. The Balaban J connectivity index is 2.00. The predicted molar refractivity (Wildman–Crippen MR) is 166 cm³/mol. The van der Waals surface area contributed by atoms with Crippen molar-refractivity contribution >= 4 is 54.4 Å². The standard InChI is InChI=1S/C27H36ClN5O9S2/c1-16-23(22(31-33(16)3)15-40-13-17(29)12-18(30)14-42-44(6,37)38)24-21(28)10-9-20-19(8-7-11-41-43(5,35)36)26(27(34)39-4)32(2)25(20)24/h9-10,12,29H,7-8,11,13-15,30H2,1-6H3/b18-12-,29-17?. The molecule has 0 saturated heterocycles. The van der Waals surface area contributed by atoms with Crippen LogP contribution in [-0.2, 0) is 65.2 Å². The number of rotatable bonds is 15. The number of hydrogen-bond acceptors (Lipinski definition) is 12. The van der Waals surface area contributed by atoms with E-state index in [0.29, 0.717) is 51.5 Å². The molecule has 17 heteroatoms. The molecule has 3 N–H and O–H groups in total. The summed E-state index contributed by atoms with van der Waals surface area (Å²) in [7, 11) is -2.53. The maximum atomic E-state index is 12.9. The second-order valence-corrected chi connectivity index (χ2v) is 13.8. The fraction of sp³-hybridized carbons (Fsp3) is 0.444. The second-order valence-electron chi connectivity index (χ2n) is 10.1. The quantitative estimate of drug-likeness (QED) is 0.104. The number of aryl methyl sites for hydroxylation is 3. The number of nitrogens with two attached hydrogens (primary N) is 1. The molecule has 1 aromatic carbocycles. The molecule has 0 aliphatic carbocycles. The molecule has 0 spiro atoms. The molecular formula is C27H36ClN5O9S2. The van der Waals surface area contributed by atoms with Crippen molar-refractivity contribution in [2.24, 2.45) is 19.8 Å². The van der Waals surface area contributed by atoms with E-state index in [1.807, 2.05) is 6.92 Å². The largest absolute Gasteiger partial charge is 0.464 e. The van der Waals surface area contributed by atoms with Gasteiger partial charge in [0.25, 0.3) is 20.2 Å². The van der Waals surface area contributed by atoms with Crippen molar-refractivity contribution in [2.45, 2.75) is 26.4 Å². The van der Waals surface area contributed by atoms with E-state index in [1.165, 1.54) is 13.2 Å². The van der Waals surface area contributed by atoms with Crippen LogP contribution in [0.4, 0.5) is 0 Å². The first-order valence-corrected chi connectivity index (χ1v) is 17.2. The fourth-order valence-electron chi connectivity index (χ4n) is 4.75. The van der Waals surface area contributed by atoms with Crippen LogP contribution in [0.5, 0.6) is 0 Å². The van der Waals surface area contributed by atoms with Gasteiger partial charge in [-0.05, 0) is 37.5 Å². The number of hydrogen-bond donors (Lipinski definition) is 2. The molecular weight excluding hydrogens is 638 g/mol. The van der Waals surface area contributed by atoms with E-state index < -0.39 is 26.2 Å². The number of esters is 1. The van der Waals surface area contributed by atoms with Crippen LogP contribution in [-0.4, -0.2) is 82.3 Å². The number of nitrogens with zero attached hydrogens (tertiary/aromatic N) is 3. The maximum absolute atomic E-state index is 12.9. The van der Waals surface area contributed by atoms with Gasteiger partial charge in [-0.15, -0.1) is 0 Å². The van der Waals surface area contributed by atoms with Crippen LogP contribution in [0.1, 0.15) is 33.9 Å². The van der Waals surface area contributed by atoms with E-state index in [0.717, 1.165) is 23.6 Å². The highest BCUT2D eigenvalue weighted by Crippen LogP contribution is 2.42. The highest BCUT2D eigenvalue weighted by Gasteiger charge is 2.27. The lowest BCUT2D eigenvalue weighted by atomic mass is 9.98. The van der Waals surface area contributed by atoms with Gasteiger partial charge < -0.3 is 25.2 Å². The molecule has 3 rings (SSSR count). The Morgan fingerprint density at radius 3 is 2.36 bits per heavy atom. The molecule has 242 valence electrons. The zero-order valence-electron chi connectivity index (χ0n) is 25.3. The lowest BCUT2D eigenvalue weighted by molar-refractivity contribution is 0.0589. The van der Waals surface area contributed by atoms with E-state index in [-0.39, 0.29) is 37.8 Å². The number of nitrogens with one attached hydrogen (secondary N) is 1. The van der Waals surface area contributed by atoms with Crippen LogP contribution in [0.3, 0.4) is 0 Å². The summed E-state index contributed by atoms with van der Waals surface area (Å²) in [5.74, 6) is -0.566. The third kappa shape index (κ3) is 8.67. The predicted octanol–water partition coefficient (Wildman–Crippen LogP) is 2.59. The topological polar surface area (TPSA) is 195 Å². The first-order valence-electron chi connectivity index (χ1n) is 13.2. The number of carbonyl (C=O) groups is 1. The molecule has 0 radical (unpaired) electrons. The summed E-state index contributed by atoms with van der Waals surface area (Å²) in [5.41, 5.74) is 9.94. The van der Waals surface area contributed by atoms with Gasteiger partial charge in [-0.3, -0.25) is 13.0 Å². The van der Waals surface area contributed by atoms with Gasteiger partial charge in [-0.1, -0.05) is 17.7 Å². The van der Waals surface area contributed by atoms with Gasteiger partial charge in [0.1, 0.15) is 12.3 Å². The molecule has 0 amide bonds. The minimum Gasteiger partial charge on any atom is -0.464 e. The first kappa shape index (κ1) is 35.2. The molecule has 0 saturated carbocycles. The van der Waals surface area contributed by atoms with Gasteiger partial charge in [0.2, 0.25) is 0 Å². The molecule has 2 aromatic heterocycles. The molecule has 0 unspecified atom stereocenters. The lowest BCUT2D eigenvalue weighted by Gasteiger charge is -2.12. The van der Waals surface area contributed by atoms with Crippen molar-refractivity contribution < 1.29 is 39.5 Å². The minimum atomic E-state index is -3.68. The summed E-state index contributed by atoms with van der Waals surface area (Å²) >= 11 is 6.81. The van der Waals surface area contributed by atoms with E-state index in [4.69, 9.17) is 36.4 Å². The van der Waals surface area contributed by atoms with Gasteiger partial charge in [-0.2, -0.15) is 21.9 Å². The molecule has 3 aromatic rings. The maximum Gasteiger partial charge on any atom is 0.354 e. The fourth-order valence-corrected chi connectivity index (χ4v) is 5.77. The van der Waals surface area contributed by atoms with Gasteiger partial charge >= 0.3 is 5.97 Å². The minimum absolute atomic E-state index is 0.0103. The Morgan fingerprint density at radius 2 is 1.75 bits per heavy atom. The Labute approximate surface area is 261 Å². The van der Waals surface area contributed by atoms with Crippen LogP contribution in [0.2, 0.25) is 5.02 Å². The zero-order chi connectivity index (χ0) is 33.0. The molecule has 0 aliphatic heterocycles. The van der Waals surface area contributed by atoms with Gasteiger partial charge in [-0.25, -0.2) is 4.79 Å². The lowest BCUT2D eigenvalue weighted by Crippen LogP contribution is -2.14. The SMILES string of the molecule is COC(=O)c1c(CCCOS(C)(=O)=O)c2ccc(Cl)c(-c3c(COCC(=N)/C=C(\N)COS(C)(=O)=O)nn(C)c3C)c2n1C. The number of fused-ring (bicyclic) bond motifs is 1. The summed E-state index contributed by atoms with van der Waals surface area (Å²) < 4.78 is 68.9. The Hall–Kier alpha value is -3.28. The van der Waals surface area contributed by atoms with Crippen molar-refractivity contribution in [1.82, 2.24) is 14.3 Å². The average molecular weight is 674 g/mol. The van der Waals surface area contributed by atoms with Crippen molar-refractivity contribution in [3.8, 4) is 11.1 Å². The van der Waals surface area contributed by atoms with Crippen molar-refractivity contribution in [3.63, 3.8) is 0 Å². The third-order valence-corrected chi connectivity index (χ3v) is 8.06. The van der Waals surface area contributed by atoms with Gasteiger partial charge in [0.05, 0.1) is 61.4 Å². The first-order chi connectivity index (χ1) is 20.4. The number of carbonyl (C=O) groups excluding carboxylic acids is 1. The summed E-state index contributed by atoms with van der Waals surface area (Å²) in [6.07, 6.45) is 3.78. The average Bonchev–Trinajstić information content (AvgIpc) is 3.36. The highest BCUT2D eigenvalue weighted by molar-refractivity contribution is 7.86. The van der Waals surface area contributed by atoms with E-state index in [1.54, 1.807) is 35.5 Å². The van der Waals surface area contributed by atoms with E-state index in [9.17, 15) is 21.6 Å². The number of halogens is 1. The Bertz CT molecular complexity index is 1830. The van der Waals surface area contributed by atoms with Gasteiger partial charge in [0, 0.05) is 42.0 Å². The normalized spacial score (nSPS) is 12.7. The van der Waals surface area contributed by atoms with E-state index >= 15 is 0 Å². The van der Waals surface area contributed by atoms with Crippen molar-refractivity contribution in [3.05, 3.63) is 51.6 Å². The summed E-state index contributed by atoms with van der Waals surface area (Å²) in [6.45, 7) is 1.26. The third-order valence-electron chi connectivity index (χ3n) is 6.61. The monoisotopic (exact) mass is 673 g/mol. The molecule has 0 fully saturated rings. The smallest absolute Gasteiger partial charge is 0.354 e. The van der Waals surface area contributed by atoms with Crippen LogP contribution >= 0.6 is 11.6 Å². The van der Waals surface area contributed by atoms with Crippen LogP contribution in [0.15, 0.2) is 23.9 Å². The van der Waals surface area contributed by atoms with Crippen molar-refractivity contribution in [1.29, 1.82) is 5.41 Å². The van der Waals surface area contributed by atoms with Crippen LogP contribution in [0, 0.1) is 12.3 Å². The molecule has 44 heavy (non-hydrogen) atoms. The zero-order valence-corrected chi connectivity index (χ0v) is 27.7. The number of benzene rings is 1. The summed E-state index contributed by atoms with van der Waals surface area (Å²) in [6, 6.07) is 3.52. The highest BCUT2D eigenvalue weighted by atomic mass is 35.5. The molecule has 0 aliphatic rings. The number of ether oxygens (including phenoxy) is 2. The summed E-state index contributed by atoms with van der Waals surface area (Å²) in [5, 5.41) is 13.8. The molecule has 2 heterocycles. The number of aromatic nitrogens is 3. The van der Waals surface area contributed by atoms with Crippen LogP contribution < -0.4 is 5.73 Å². The van der Waals surface area contributed by atoms with Crippen molar-refractivity contribution in [2.75, 3.05) is 39.4 Å². The Morgan fingerprint density at radius 1 is 1.09 bits per heavy atom. The second kappa shape index (κ2) is 14.2. The van der Waals surface area contributed by atoms with Gasteiger partial charge in [0.15, 0.2) is 0 Å².